The van der Waals surface area contributed by atoms with Gasteiger partial charge in [0.1, 0.15) is 0 Å². The summed E-state index contributed by atoms with van der Waals surface area (Å²) in [5.74, 6) is 0. The Morgan fingerprint density at radius 1 is 1.14 bits per heavy atom. The van der Waals surface area contributed by atoms with Crippen molar-refractivity contribution in [2.75, 3.05) is 11.1 Å². The first kappa shape index (κ1) is 15.9. The van der Waals surface area contributed by atoms with Gasteiger partial charge in [0.05, 0.1) is 16.4 Å². The maximum Gasteiger partial charge on any atom is 0.446 e. The summed E-state index contributed by atoms with van der Waals surface area (Å²) in [7, 11) is 0. The van der Waals surface area contributed by atoms with Crippen molar-refractivity contribution in [1.82, 2.24) is 0 Å². The van der Waals surface area contributed by atoms with Crippen molar-refractivity contribution >= 4 is 40.4 Å². The average molecular weight is 333 g/mol. The van der Waals surface area contributed by atoms with Gasteiger partial charge in [0, 0.05) is 10.6 Å². The third kappa shape index (κ3) is 4.47. The lowest BCUT2D eigenvalue weighted by atomic mass is 10.2. The summed E-state index contributed by atoms with van der Waals surface area (Å²) in [5, 5.41) is 3.43. The van der Waals surface area contributed by atoms with Crippen LogP contribution >= 0.6 is 23.4 Å². The predicted molar refractivity (Wildman–Crippen MR) is 82.2 cm³/mol. The van der Waals surface area contributed by atoms with Crippen LogP contribution in [0.25, 0.3) is 0 Å². The number of halogens is 4. The Bertz CT molecular complexity index is 642. The fraction of sp³-hybridized carbons (Fsp3) is 0.143. The summed E-state index contributed by atoms with van der Waals surface area (Å²) < 4.78 is 36.7. The molecular formula is C14H12ClF3N2S. The Labute approximate surface area is 129 Å². The zero-order valence-corrected chi connectivity index (χ0v) is 12.5. The van der Waals surface area contributed by atoms with Crippen LogP contribution in [0.2, 0.25) is 5.02 Å². The molecule has 0 aliphatic rings. The van der Waals surface area contributed by atoms with Crippen LogP contribution in [0.1, 0.15) is 5.56 Å². The van der Waals surface area contributed by atoms with Gasteiger partial charge in [-0.05, 0) is 60.6 Å². The Kier molecular flexibility index (Phi) is 4.58. The maximum atomic E-state index is 12.2. The number of alkyl halides is 3. The summed E-state index contributed by atoms with van der Waals surface area (Å²) in [6, 6.07) is 9.47. The number of benzene rings is 2. The number of nitrogens with two attached hydrogens (primary N) is 1. The molecule has 112 valence electrons. The van der Waals surface area contributed by atoms with Crippen LogP contribution in [-0.4, -0.2) is 5.51 Å². The van der Waals surface area contributed by atoms with Crippen molar-refractivity contribution in [3.63, 3.8) is 0 Å². The summed E-state index contributed by atoms with van der Waals surface area (Å²) in [6.07, 6.45) is 0. The van der Waals surface area contributed by atoms with E-state index in [1.54, 1.807) is 18.2 Å². The van der Waals surface area contributed by atoms with E-state index in [1.165, 1.54) is 12.1 Å². The second-order valence-corrected chi connectivity index (χ2v) is 5.93. The molecule has 0 atom stereocenters. The summed E-state index contributed by atoms with van der Waals surface area (Å²) in [5.41, 5.74) is 4.11. The van der Waals surface area contributed by atoms with Crippen LogP contribution in [0, 0.1) is 6.92 Å². The summed E-state index contributed by atoms with van der Waals surface area (Å²) in [4.78, 5) is 0.128. The van der Waals surface area contributed by atoms with Gasteiger partial charge >= 0.3 is 5.51 Å². The van der Waals surface area contributed by atoms with Crippen molar-refractivity contribution in [3.8, 4) is 0 Å². The van der Waals surface area contributed by atoms with Crippen LogP contribution in [0.15, 0.2) is 41.3 Å². The van der Waals surface area contributed by atoms with Gasteiger partial charge in [0.2, 0.25) is 0 Å². The standard InChI is InChI=1S/C14H12ClF3N2S/c1-8-6-11(19)13(15)12(7-8)20-9-2-4-10(5-3-9)21-14(16,17)18/h2-7,20H,19H2,1H3. The molecule has 0 heterocycles. The third-order valence-electron chi connectivity index (χ3n) is 2.61. The van der Waals surface area contributed by atoms with Crippen molar-refractivity contribution in [3.05, 3.63) is 47.0 Å². The fourth-order valence-corrected chi connectivity index (χ4v) is 2.48. The monoisotopic (exact) mass is 332 g/mol. The number of thioether (sulfide) groups is 1. The Balaban J connectivity index is 2.18. The van der Waals surface area contributed by atoms with E-state index in [2.05, 4.69) is 5.32 Å². The maximum absolute atomic E-state index is 12.2. The van der Waals surface area contributed by atoms with E-state index in [4.69, 9.17) is 17.3 Å². The smallest absolute Gasteiger partial charge is 0.397 e. The molecule has 0 fully saturated rings. The lowest BCUT2D eigenvalue weighted by molar-refractivity contribution is -0.0328. The minimum Gasteiger partial charge on any atom is -0.397 e. The first-order chi connectivity index (χ1) is 9.74. The molecule has 0 aliphatic carbocycles. The normalized spacial score (nSPS) is 11.5. The zero-order valence-electron chi connectivity index (χ0n) is 11.0. The molecule has 3 N–H and O–H groups in total. The highest BCUT2D eigenvalue weighted by Gasteiger charge is 2.28. The van der Waals surface area contributed by atoms with Gasteiger partial charge in [-0.3, -0.25) is 0 Å². The van der Waals surface area contributed by atoms with E-state index in [1.807, 2.05) is 13.0 Å². The molecule has 0 saturated heterocycles. The first-order valence-electron chi connectivity index (χ1n) is 5.93. The van der Waals surface area contributed by atoms with Gasteiger partial charge in [-0.25, -0.2) is 0 Å². The molecular weight excluding hydrogens is 321 g/mol. The van der Waals surface area contributed by atoms with E-state index in [0.717, 1.165) is 5.56 Å². The van der Waals surface area contributed by atoms with Gasteiger partial charge in [-0.15, -0.1) is 0 Å². The zero-order chi connectivity index (χ0) is 15.6. The molecule has 21 heavy (non-hydrogen) atoms. The number of aryl methyl sites for hydroxylation is 1. The van der Waals surface area contributed by atoms with Gasteiger partial charge in [-0.1, -0.05) is 11.6 Å². The average Bonchev–Trinajstić information content (AvgIpc) is 2.36. The van der Waals surface area contributed by atoms with Crippen LogP contribution < -0.4 is 11.1 Å². The Morgan fingerprint density at radius 3 is 2.33 bits per heavy atom. The largest absolute Gasteiger partial charge is 0.446 e. The fourth-order valence-electron chi connectivity index (χ4n) is 1.78. The molecule has 0 amide bonds. The summed E-state index contributed by atoms with van der Waals surface area (Å²) in [6.45, 7) is 1.88. The molecule has 0 bridgehead atoms. The number of anilines is 3. The van der Waals surface area contributed by atoms with Crippen LogP contribution in [0.4, 0.5) is 30.2 Å². The predicted octanol–water partition coefficient (Wildman–Crippen LogP) is 5.59. The van der Waals surface area contributed by atoms with E-state index in [0.29, 0.717) is 22.1 Å². The minimum absolute atomic E-state index is 0.128. The molecule has 0 aliphatic heterocycles. The number of nitrogens with one attached hydrogen (secondary N) is 1. The SMILES string of the molecule is Cc1cc(N)c(Cl)c(Nc2ccc(SC(F)(F)F)cc2)c1. The van der Waals surface area contributed by atoms with E-state index in [-0.39, 0.29) is 16.7 Å². The van der Waals surface area contributed by atoms with E-state index in [9.17, 15) is 13.2 Å². The molecule has 0 spiro atoms. The van der Waals surface area contributed by atoms with E-state index < -0.39 is 5.51 Å². The van der Waals surface area contributed by atoms with Crippen molar-refractivity contribution < 1.29 is 13.2 Å². The quantitative estimate of drug-likeness (QED) is 0.568. The molecule has 0 aromatic heterocycles. The molecule has 0 radical (unpaired) electrons. The lowest BCUT2D eigenvalue weighted by Gasteiger charge is -2.12. The van der Waals surface area contributed by atoms with Crippen molar-refractivity contribution in [1.29, 1.82) is 0 Å². The molecule has 2 rings (SSSR count). The van der Waals surface area contributed by atoms with Gasteiger partial charge < -0.3 is 11.1 Å². The number of rotatable bonds is 3. The Hall–Kier alpha value is -1.53. The van der Waals surface area contributed by atoms with Gasteiger partial charge in [0.25, 0.3) is 0 Å². The molecule has 2 aromatic carbocycles. The molecule has 2 aromatic rings. The summed E-state index contributed by atoms with van der Waals surface area (Å²) >= 11 is 5.94. The molecule has 0 saturated carbocycles. The van der Waals surface area contributed by atoms with Gasteiger partial charge in [-0.2, -0.15) is 13.2 Å². The van der Waals surface area contributed by atoms with Crippen LogP contribution in [0.3, 0.4) is 0 Å². The third-order valence-corrected chi connectivity index (χ3v) is 3.77. The van der Waals surface area contributed by atoms with Crippen molar-refractivity contribution in [2.24, 2.45) is 0 Å². The highest BCUT2D eigenvalue weighted by molar-refractivity contribution is 8.00. The number of hydrogen-bond donors (Lipinski definition) is 2. The van der Waals surface area contributed by atoms with Gasteiger partial charge in [0.15, 0.2) is 0 Å². The highest BCUT2D eigenvalue weighted by atomic mass is 35.5. The number of hydrogen-bond acceptors (Lipinski definition) is 3. The Morgan fingerprint density at radius 2 is 1.76 bits per heavy atom. The lowest BCUT2D eigenvalue weighted by Crippen LogP contribution is -1.99. The second-order valence-electron chi connectivity index (χ2n) is 4.41. The molecule has 7 heteroatoms. The first-order valence-corrected chi connectivity index (χ1v) is 7.12. The molecule has 2 nitrogen and oxygen atoms in total. The number of nitrogen functional groups attached to an aromatic ring is 1. The van der Waals surface area contributed by atoms with Crippen molar-refractivity contribution in [2.45, 2.75) is 17.3 Å². The van der Waals surface area contributed by atoms with E-state index >= 15 is 0 Å². The topological polar surface area (TPSA) is 38.0 Å². The van der Waals surface area contributed by atoms with Crippen LogP contribution in [-0.2, 0) is 0 Å². The van der Waals surface area contributed by atoms with Crippen LogP contribution in [0.5, 0.6) is 0 Å². The molecule has 0 unspecified atom stereocenters. The highest BCUT2D eigenvalue weighted by Crippen LogP contribution is 2.37. The second kappa shape index (κ2) is 6.07. The minimum atomic E-state index is -4.29.